The predicted octanol–water partition coefficient (Wildman–Crippen LogP) is 2.39. The number of halogens is 1. The first-order chi connectivity index (χ1) is 9.56. The zero-order chi connectivity index (χ0) is 14.5. The summed E-state index contributed by atoms with van der Waals surface area (Å²) in [5, 5.41) is 8.77. The van der Waals surface area contributed by atoms with Crippen LogP contribution in [0.1, 0.15) is 10.4 Å². The van der Waals surface area contributed by atoms with Gasteiger partial charge in [0.05, 0.1) is 12.1 Å². The lowest BCUT2D eigenvalue weighted by atomic mass is 10.3. The molecule has 0 bridgehead atoms. The number of rotatable bonds is 5. The number of carboxylic acids is 1. The van der Waals surface area contributed by atoms with E-state index in [2.05, 4.69) is 15.9 Å². The van der Waals surface area contributed by atoms with Gasteiger partial charge in [0.1, 0.15) is 12.4 Å². The summed E-state index contributed by atoms with van der Waals surface area (Å²) in [4.78, 5) is 22.4. The number of hydrogen-bond donors (Lipinski definition) is 1. The van der Waals surface area contributed by atoms with Crippen LogP contribution in [0.4, 0.5) is 0 Å². The van der Waals surface area contributed by atoms with Gasteiger partial charge in [0.15, 0.2) is 0 Å². The van der Waals surface area contributed by atoms with Gasteiger partial charge in [0.25, 0.3) is 5.56 Å². The van der Waals surface area contributed by atoms with Crippen LogP contribution >= 0.6 is 15.9 Å². The van der Waals surface area contributed by atoms with E-state index in [-0.39, 0.29) is 11.1 Å². The van der Waals surface area contributed by atoms with E-state index in [1.807, 2.05) is 24.3 Å². The van der Waals surface area contributed by atoms with Crippen molar-refractivity contribution in [1.82, 2.24) is 4.57 Å². The van der Waals surface area contributed by atoms with Crippen LogP contribution in [0.5, 0.6) is 5.75 Å². The summed E-state index contributed by atoms with van der Waals surface area (Å²) in [6.45, 7) is 0.675. The Bertz CT molecular complexity index is 681. The Kier molecular flexibility index (Phi) is 4.57. The van der Waals surface area contributed by atoms with Crippen LogP contribution in [-0.4, -0.2) is 22.2 Å². The third-order valence-electron chi connectivity index (χ3n) is 2.64. The SMILES string of the molecule is O=C(O)c1ccn(CCOc2cccc(Br)c2)c(=O)c1. The molecule has 0 aliphatic carbocycles. The summed E-state index contributed by atoms with van der Waals surface area (Å²) in [6.07, 6.45) is 1.45. The second-order valence-electron chi connectivity index (χ2n) is 4.06. The standard InChI is InChI=1S/C14H12BrNO4/c15-11-2-1-3-12(9-11)20-7-6-16-5-4-10(14(18)19)8-13(16)17/h1-5,8-9H,6-7H2,(H,18,19). The van der Waals surface area contributed by atoms with Crippen molar-refractivity contribution < 1.29 is 14.6 Å². The molecule has 20 heavy (non-hydrogen) atoms. The molecule has 0 atom stereocenters. The van der Waals surface area contributed by atoms with Crippen LogP contribution in [0.25, 0.3) is 0 Å². The fraction of sp³-hybridized carbons (Fsp3) is 0.143. The molecule has 0 spiro atoms. The van der Waals surface area contributed by atoms with E-state index in [4.69, 9.17) is 9.84 Å². The minimum absolute atomic E-state index is 0.0147. The van der Waals surface area contributed by atoms with Gasteiger partial charge in [-0.25, -0.2) is 4.79 Å². The monoisotopic (exact) mass is 337 g/mol. The third kappa shape index (κ3) is 3.71. The Morgan fingerprint density at radius 2 is 2.10 bits per heavy atom. The Labute approximate surface area is 123 Å². The van der Waals surface area contributed by atoms with Crippen LogP contribution in [0.2, 0.25) is 0 Å². The lowest BCUT2D eigenvalue weighted by Gasteiger charge is -2.08. The fourth-order valence-electron chi connectivity index (χ4n) is 1.64. The van der Waals surface area contributed by atoms with E-state index in [0.29, 0.717) is 18.9 Å². The fourth-order valence-corrected chi connectivity index (χ4v) is 2.02. The molecule has 2 rings (SSSR count). The summed E-state index contributed by atoms with van der Waals surface area (Å²) in [5.41, 5.74) is -0.373. The molecule has 104 valence electrons. The van der Waals surface area contributed by atoms with Crippen molar-refractivity contribution in [2.75, 3.05) is 6.61 Å². The Balaban J connectivity index is 1.98. The highest BCUT2D eigenvalue weighted by molar-refractivity contribution is 9.10. The number of carbonyl (C=O) groups is 1. The molecule has 1 aromatic heterocycles. The lowest BCUT2D eigenvalue weighted by molar-refractivity contribution is 0.0696. The molecule has 0 amide bonds. The highest BCUT2D eigenvalue weighted by atomic mass is 79.9. The van der Waals surface area contributed by atoms with Crippen LogP contribution in [0, 0.1) is 0 Å². The minimum Gasteiger partial charge on any atom is -0.492 e. The van der Waals surface area contributed by atoms with E-state index >= 15 is 0 Å². The van der Waals surface area contributed by atoms with Gasteiger partial charge in [-0.05, 0) is 24.3 Å². The van der Waals surface area contributed by atoms with Crippen molar-refractivity contribution in [2.24, 2.45) is 0 Å². The number of hydrogen-bond acceptors (Lipinski definition) is 3. The molecular formula is C14H12BrNO4. The zero-order valence-electron chi connectivity index (χ0n) is 10.5. The maximum atomic E-state index is 11.7. The van der Waals surface area contributed by atoms with E-state index in [1.165, 1.54) is 16.8 Å². The maximum Gasteiger partial charge on any atom is 0.335 e. The van der Waals surface area contributed by atoms with E-state index in [0.717, 1.165) is 10.5 Å². The molecule has 1 N–H and O–H groups in total. The van der Waals surface area contributed by atoms with Crippen LogP contribution in [-0.2, 0) is 6.54 Å². The molecule has 5 nitrogen and oxygen atoms in total. The van der Waals surface area contributed by atoms with E-state index in [1.54, 1.807) is 0 Å². The Morgan fingerprint density at radius 3 is 2.75 bits per heavy atom. The molecule has 0 saturated heterocycles. The average molecular weight is 338 g/mol. The second kappa shape index (κ2) is 6.38. The van der Waals surface area contributed by atoms with Gasteiger partial charge in [-0.15, -0.1) is 0 Å². The summed E-state index contributed by atoms with van der Waals surface area (Å²) in [5.74, 6) is -0.408. The molecule has 0 fully saturated rings. The van der Waals surface area contributed by atoms with Gasteiger partial charge in [-0.1, -0.05) is 22.0 Å². The first kappa shape index (κ1) is 14.3. The molecular weight excluding hydrogens is 326 g/mol. The predicted molar refractivity (Wildman–Crippen MR) is 77.3 cm³/mol. The van der Waals surface area contributed by atoms with Crippen molar-refractivity contribution in [3.8, 4) is 5.75 Å². The van der Waals surface area contributed by atoms with Crippen molar-refractivity contribution >= 4 is 21.9 Å². The molecule has 0 aliphatic heterocycles. The van der Waals surface area contributed by atoms with Crippen LogP contribution in [0.15, 0.2) is 51.9 Å². The number of benzene rings is 1. The molecule has 0 aliphatic rings. The van der Waals surface area contributed by atoms with Crippen LogP contribution in [0.3, 0.4) is 0 Å². The summed E-state index contributed by atoms with van der Waals surface area (Å²) < 4.78 is 7.84. The molecule has 1 aromatic carbocycles. The largest absolute Gasteiger partial charge is 0.492 e. The van der Waals surface area contributed by atoms with Crippen molar-refractivity contribution in [3.05, 3.63) is 63.0 Å². The van der Waals surface area contributed by atoms with Gasteiger partial charge >= 0.3 is 5.97 Å². The normalized spacial score (nSPS) is 10.2. The number of carboxylic acid groups (broad SMARTS) is 1. The Hall–Kier alpha value is -2.08. The number of pyridine rings is 1. The Morgan fingerprint density at radius 1 is 1.30 bits per heavy atom. The summed E-state index contributed by atoms with van der Waals surface area (Å²) in [6, 6.07) is 9.89. The summed E-state index contributed by atoms with van der Waals surface area (Å²) >= 11 is 3.34. The quantitative estimate of drug-likeness (QED) is 0.909. The molecule has 2 aromatic rings. The van der Waals surface area contributed by atoms with Gasteiger partial charge in [-0.2, -0.15) is 0 Å². The third-order valence-corrected chi connectivity index (χ3v) is 3.13. The minimum atomic E-state index is -1.11. The van der Waals surface area contributed by atoms with Gasteiger partial charge in [-0.3, -0.25) is 4.79 Å². The maximum absolute atomic E-state index is 11.7. The topological polar surface area (TPSA) is 68.5 Å². The van der Waals surface area contributed by atoms with Crippen molar-refractivity contribution in [3.63, 3.8) is 0 Å². The van der Waals surface area contributed by atoms with Crippen molar-refractivity contribution in [2.45, 2.75) is 6.54 Å². The molecule has 6 heteroatoms. The van der Waals surface area contributed by atoms with E-state index in [9.17, 15) is 9.59 Å². The first-order valence-electron chi connectivity index (χ1n) is 5.88. The molecule has 0 saturated carbocycles. The highest BCUT2D eigenvalue weighted by Crippen LogP contribution is 2.17. The highest BCUT2D eigenvalue weighted by Gasteiger charge is 2.05. The molecule has 0 radical (unpaired) electrons. The smallest absolute Gasteiger partial charge is 0.335 e. The van der Waals surface area contributed by atoms with Crippen molar-refractivity contribution in [1.29, 1.82) is 0 Å². The number of ether oxygens (including phenoxy) is 1. The number of aromatic carboxylic acids is 1. The second-order valence-corrected chi connectivity index (χ2v) is 4.97. The zero-order valence-corrected chi connectivity index (χ0v) is 12.0. The molecule has 0 unspecified atom stereocenters. The average Bonchev–Trinajstić information content (AvgIpc) is 2.40. The lowest BCUT2D eigenvalue weighted by Crippen LogP contribution is -2.23. The summed E-state index contributed by atoms with van der Waals surface area (Å²) in [7, 11) is 0. The number of aromatic nitrogens is 1. The number of nitrogens with zero attached hydrogens (tertiary/aromatic N) is 1. The van der Waals surface area contributed by atoms with E-state index < -0.39 is 5.97 Å². The van der Waals surface area contributed by atoms with Gasteiger partial charge in [0.2, 0.25) is 0 Å². The first-order valence-corrected chi connectivity index (χ1v) is 6.68. The van der Waals surface area contributed by atoms with Crippen LogP contribution < -0.4 is 10.3 Å². The van der Waals surface area contributed by atoms with Gasteiger partial charge in [0, 0.05) is 16.7 Å². The van der Waals surface area contributed by atoms with Gasteiger partial charge < -0.3 is 14.4 Å². The molecule has 1 heterocycles.